The average molecular weight is 345 g/mol. The average Bonchev–Trinajstić information content (AvgIpc) is 2.56. The van der Waals surface area contributed by atoms with Crippen LogP contribution in [-0.2, 0) is 0 Å². The minimum atomic E-state index is -0.130. The zero-order valence-electron chi connectivity index (χ0n) is 14.7. The van der Waals surface area contributed by atoms with E-state index in [1.807, 2.05) is 37.3 Å². The van der Waals surface area contributed by atoms with Gasteiger partial charge in [0.2, 0.25) is 0 Å². The summed E-state index contributed by atoms with van der Waals surface area (Å²) in [4.78, 5) is 13.7. The van der Waals surface area contributed by atoms with Crippen LogP contribution in [0.1, 0.15) is 29.8 Å². The molecule has 0 bridgehead atoms. The number of anilines is 1. The number of benzene rings is 2. The van der Waals surface area contributed by atoms with E-state index in [1.165, 1.54) is 0 Å². The van der Waals surface area contributed by atoms with Crippen LogP contribution >= 0.6 is 11.8 Å². The summed E-state index contributed by atoms with van der Waals surface area (Å²) < 4.78 is 10.6. The van der Waals surface area contributed by atoms with E-state index >= 15 is 0 Å². The van der Waals surface area contributed by atoms with E-state index < -0.39 is 0 Å². The van der Waals surface area contributed by atoms with Crippen LogP contribution in [-0.4, -0.2) is 25.4 Å². The molecule has 0 fully saturated rings. The molecule has 0 heterocycles. The Morgan fingerprint density at radius 3 is 2.33 bits per heavy atom. The predicted octanol–water partition coefficient (Wildman–Crippen LogP) is 4.77. The van der Waals surface area contributed by atoms with Gasteiger partial charge in [-0.2, -0.15) is 0 Å². The fourth-order valence-electron chi connectivity index (χ4n) is 2.32. The normalized spacial score (nSPS) is 10.6. The molecule has 1 amide bonds. The molecule has 0 aliphatic heterocycles. The van der Waals surface area contributed by atoms with Gasteiger partial charge in [0.25, 0.3) is 5.91 Å². The molecule has 0 spiro atoms. The third kappa shape index (κ3) is 4.23. The molecule has 128 valence electrons. The van der Waals surface area contributed by atoms with Crippen LogP contribution in [0.3, 0.4) is 0 Å². The molecule has 0 atom stereocenters. The number of hydrogen-bond donors (Lipinski definition) is 1. The third-order valence-electron chi connectivity index (χ3n) is 3.47. The summed E-state index contributed by atoms with van der Waals surface area (Å²) in [5.41, 5.74) is 2.29. The Morgan fingerprint density at radius 1 is 1.08 bits per heavy atom. The number of rotatable bonds is 6. The Bertz CT molecular complexity index is 729. The largest absolute Gasteiger partial charge is 0.493 e. The van der Waals surface area contributed by atoms with E-state index in [1.54, 1.807) is 32.0 Å². The second-order valence-electron chi connectivity index (χ2n) is 5.64. The van der Waals surface area contributed by atoms with Crippen molar-refractivity contribution in [3.8, 4) is 11.5 Å². The van der Waals surface area contributed by atoms with E-state index in [4.69, 9.17) is 9.47 Å². The summed E-state index contributed by atoms with van der Waals surface area (Å²) in [6.45, 7) is 6.14. The summed E-state index contributed by atoms with van der Waals surface area (Å²) >= 11 is 1.68. The first kappa shape index (κ1) is 18.2. The number of amides is 1. The van der Waals surface area contributed by atoms with Gasteiger partial charge in [-0.25, -0.2) is 0 Å². The number of aryl methyl sites for hydroxylation is 1. The topological polar surface area (TPSA) is 47.6 Å². The van der Waals surface area contributed by atoms with Crippen molar-refractivity contribution in [3.05, 3.63) is 47.5 Å². The maximum atomic E-state index is 12.7. The van der Waals surface area contributed by atoms with Crippen LogP contribution in [0.15, 0.2) is 41.3 Å². The van der Waals surface area contributed by atoms with Gasteiger partial charge in [0.15, 0.2) is 11.5 Å². The maximum absolute atomic E-state index is 12.7. The second-order valence-corrected chi connectivity index (χ2v) is 7.26. The molecular weight excluding hydrogens is 322 g/mol. The van der Waals surface area contributed by atoms with E-state index in [2.05, 4.69) is 19.2 Å². The number of ether oxygens (including phenoxy) is 2. The number of nitrogens with one attached hydrogen (secondary N) is 1. The lowest BCUT2D eigenvalue weighted by atomic mass is 10.1. The van der Waals surface area contributed by atoms with Crippen molar-refractivity contribution in [1.29, 1.82) is 0 Å². The molecule has 24 heavy (non-hydrogen) atoms. The van der Waals surface area contributed by atoms with Gasteiger partial charge >= 0.3 is 0 Å². The lowest BCUT2D eigenvalue weighted by molar-refractivity contribution is 0.102. The number of carbonyl (C=O) groups excluding carboxylic acids is 1. The summed E-state index contributed by atoms with van der Waals surface area (Å²) in [7, 11) is 3.17. The Labute approximate surface area is 147 Å². The minimum Gasteiger partial charge on any atom is -0.493 e. The molecule has 2 aromatic carbocycles. The monoisotopic (exact) mass is 345 g/mol. The van der Waals surface area contributed by atoms with Gasteiger partial charge in [-0.3, -0.25) is 4.79 Å². The smallest absolute Gasteiger partial charge is 0.256 e. The Balaban J connectivity index is 2.30. The quantitative estimate of drug-likeness (QED) is 0.767. The van der Waals surface area contributed by atoms with Crippen LogP contribution in [0, 0.1) is 6.92 Å². The van der Waals surface area contributed by atoms with Crippen LogP contribution in [0.25, 0.3) is 0 Å². The lowest BCUT2D eigenvalue weighted by Gasteiger charge is -2.15. The molecule has 0 aromatic heterocycles. The Morgan fingerprint density at radius 2 is 1.71 bits per heavy atom. The first-order chi connectivity index (χ1) is 11.5. The van der Waals surface area contributed by atoms with Gasteiger partial charge in [0.1, 0.15) is 0 Å². The van der Waals surface area contributed by atoms with E-state index in [9.17, 15) is 4.79 Å². The van der Waals surface area contributed by atoms with Gasteiger partial charge in [0, 0.05) is 21.9 Å². The first-order valence-corrected chi connectivity index (χ1v) is 8.64. The zero-order chi connectivity index (χ0) is 17.7. The van der Waals surface area contributed by atoms with E-state index in [0.29, 0.717) is 28.0 Å². The van der Waals surface area contributed by atoms with Crippen molar-refractivity contribution in [2.75, 3.05) is 19.5 Å². The summed E-state index contributed by atoms with van der Waals surface area (Å²) in [5.74, 6) is 1.10. The van der Waals surface area contributed by atoms with Crippen molar-refractivity contribution >= 4 is 23.4 Å². The van der Waals surface area contributed by atoms with Gasteiger partial charge in [-0.1, -0.05) is 26.0 Å². The maximum Gasteiger partial charge on any atom is 0.256 e. The van der Waals surface area contributed by atoms with Crippen molar-refractivity contribution < 1.29 is 14.3 Å². The SMILES string of the molecule is COc1cc(C)c(NC(=O)c2ccccc2SC(C)C)cc1OC. The highest BCUT2D eigenvalue weighted by molar-refractivity contribution is 8.00. The van der Waals surface area contributed by atoms with Crippen LogP contribution < -0.4 is 14.8 Å². The molecule has 0 saturated carbocycles. The minimum absolute atomic E-state index is 0.130. The summed E-state index contributed by atoms with van der Waals surface area (Å²) in [6, 6.07) is 11.3. The van der Waals surface area contributed by atoms with Crippen LogP contribution in [0.4, 0.5) is 5.69 Å². The molecule has 2 rings (SSSR count). The number of thioether (sulfide) groups is 1. The predicted molar refractivity (Wildman–Crippen MR) is 99.7 cm³/mol. The van der Waals surface area contributed by atoms with Gasteiger partial charge < -0.3 is 14.8 Å². The molecule has 0 saturated heterocycles. The molecule has 2 aromatic rings. The highest BCUT2D eigenvalue weighted by Gasteiger charge is 2.15. The van der Waals surface area contributed by atoms with Crippen molar-refractivity contribution in [2.24, 2.45) is 0 Å². The fraction of sp³-hybridized carbons (Fsp3) is 0.316. The standard InChI is InChI=1S/C19H23NO3S/c1-12(2)24-18-9-7-6-8-14(18)19(21)20-15-11-17(23-5)16(22-4)10-13(15)3/h6-12H,1-5H3,(H,20,21). The van der Waals surface area contributed by atoms with Crippen molar-refractivity contribution in [3.63, 3.8) is 0 Å². The molecular formula is C19H23NO3S. The third-order valence-corrected chi connectivity index (χ3v) is 4.55. The van der Waals surface area contributed by atoms with Gasteiger partial charge in [-0.05, 0) is 30.7 Å². The van der Waals surface area contributed by atoms with Crippen molar-refractivity contribution in [1.82, 2.24) is 0 Å². The molecule has 1 N–H and O–H groups in total. The van der Waals surface area contributed by atoms with Crippen LogP contribution in [0.2, 0.25) is 0 Å². The highest BCUT2D eigenvalue weighted by Crippen LogP contribution is 2.33. The summed E-state index contributed by atoms with van der Waals surface area (Å²) in [6.07, 6.45) is 0. The number of hydrogen-bond acceptors (Lipinski definition) is 4. The Kier molecular flexibility index (Phi) is 6.15. The molecule has 4 nitrogen and oxygen atoms in total. The molecule has 0 aliphatic carbocycles. The van der Waals surface area contributed by atoms with Crippen molar-refractivity contribution in [2.45, 2.75) is 30.9 Å². The number of methoxy groups -OCH3 is 2. The number of carbonyl (C=O) groups is 1. The molecule has 0 aliphatic rings. The molecule has 0 unspecified atom stereocenters. The second kappa shape index (κ2) is 8.11. The Hall–Kier alpha value is -2.14. The van der Waals surface area contributed by atoms with Crippen LogP contribution in [0.5, 0.6) is 11.5 Å². The summed E-state index contributed by atoms with van der Waals surface area (Å²) in [5, 5.41) is 3.38. The van der Waals surface area contributed by atoms with E-state index in [0.717, 1.165) is 10.5 Å². The lowest BCUT2D eigenvalue weighted by Crippen LogP contribution is -2.14. The van der Waals surface area contributed by atoms with Gasteiger partial charge in [0.05, 0.1) is 19.8 Å². The molecule has 0 radical (unpaired) electrons. The first-order valence-electron chi connectivity index (χ1n) is 7.76. The highest BCUT2D eigenvalue weighted by atomic mass is 32.2. The van der Waals surface area contributed by atoms with E-state index in [-0.39, 0.29) is 5.91 Å². The molecule has 5 heteroatoms. The zero-order valence-corrected chi connectivity index (χ0v) is 15.5. The fourth-order valence-corrected chi connectivity index (χ4v) is 3.27. The van der Waals surface area contributed by atoms with Gasteiger partial charge in [-0.15, -0.1) is 11.8 Å².